The van der Waals surface area contributed by atoms with Crippen molar-refractivity contribution in [2.24, 2.45) is 5.92 Å². The van der Waals surface area contributed by atoms with Gasteiger partial charge in [-0.15, -0.1) is 0 Å². The molecule has 2 atom stereocenters. The average molecular weight is 252 g/mol. The Bertz CT molecular complexity index is 419. The fraction of sp³-hybridized carbons (Fsp3) is 0.600. The Balaban J connectivity index is 2.18. The molecule has 1 saturated carbocycles. The van der Waals surface area contributed by atoms with E-state index in [1.807, 2.05) is 0 Å². The van der Waals surface area contributed by atoms with E-state index in [2.05, 4.69) is 6.92 Å². The average Bonchev–Trinajstić information content (AvgIpc) is 2.31. The fourth-order valence-electron chi connectivity index (χ4n) is 3.00. The zero-order valence-corrected chi connectivity index (χ0v) is 11.1. The predicted molar refractivity (Wildman–Crippen MR) is 69.2 cm³/mol. The van der Waals surface area contributed by atoms with Crippen LogP contribution in [0.2, 0.25) is 0 Å². The van der Waals surface area contributed by atoms with Gasteiger partial charge in [0, 0.05) is 6.42 Å². The number of rotatable bonds is 3. The van der Waals surface area contributed by atoms with Crippen LogP contribution in [0.15, 0.2) is 18.2 Å². The van der Waals surface area contributed by atoms with Crippen molar-refractivity contribution >= 4 is 0 Å². The molecule has 2 rings (SSSR count). The topological polar surface area (TPSA) is 29.5 Å². The first-order valence-corrected chi connectivity index (χ1v) is 6.58. The minimum atomic E-state index is -0.759. The molecular formula is C15H21FO2. The lowest BCUT2D eigenvalue weighted by Crippen LogP contribution is -2.37. The summed E-state index contributed by atoms with van der Waals surface area (Å²) in [6, 6.07) is 5.11. The Morgan fingerprint density at radius 1 is 1.50 bits per heavy atom. The van der Waals surface area contributed by atoms with E-state index in [1.165, 1.54) is 7.11 Å². The van der Waals surface area contributed by atoms with Crippen LogP contribution in [-0.2, 0) is 6.42 Å². The van der Waals surface area contributed by atoms with Crippen molar-refractivity contribution in [3.63, 3.8) is 0 Å². The van der Waals surface area contributed by atoms with Gasteiger partial charge in [0.2, 0.25) is 0 Å². The summed E-state index contributed by atoms with van der Waals surface area (Å²) in [7, 11) is 1.46. The van der Waals surface area contributed by atoms with E-state index < -0.39 is 5.60 Å². The number of aliphatic hydroxyl groups is 1. The second-order valence-corrected chi connectivity index (χ2v) is 5.54. The minimum Gasteiger partial charge on any atom is -0.494 e. The second kappa shape index (κ2) is 5.27. The van der Waals surface area contributed by atoms with Crippen LogP contribution in [0.3, 0.4) is 0 Å². The molecule has 0 spiro atoms. The highest BCUT2D eigenvalue weighted by atomic mass is 19.1. The summed E-state index contributed by atoms with van der Waals surface area (Å²) < 4.78 is 19.0. The summed E-state index contributed by atoms with van der Waals surface area (Å²) in [6.07, 6.45) is 4.06. The molecule has 0 saturated heterocycles. The van der Waals surface area contributed by atoms with Gasteiger partial charge in [0.25, 0.3) is 0 Å². The second-order valence-electron chi connectivity index (χ2n) is 5.54. The standard InChI is InChI=1S/C15H21FO2/c1-11-5-4-8-15(17,9-11)10-12-6-3-7-13(18-2)14(12)16/h3,6-7,11,17H,4-5,8-10H2,1-2H3. The third-order valence-corrected chi connectivity index (χ3v) is 3.85. The van der Waals surface area contributed by atoms with E-state index in [0.717, 1.165) is 25.7 Å². The maximum atomic E-state index is 14.1. The SMILES string of the molecule is COc1cccc(CC2(O)CCCC(C)C2)c1F. The Kier molecular flexibility index (Phi) is 3.91. The Morgan fingerprint density at radius 3 is 2.94 bits per heavy atom. The van der Waals surface area contributed by atoms with Crippen LogP contribution in [0, 0.1) is 11.7 Å². The summed E-state index contributed by atoms with van der Waals surface area (Å²) in [4.78, 5) is 0. The monoisotopic (exact) mass is 252 g/mol. The molecule has 0 aliphatic heterocycles. The molecule has 100 valence electrons. The van der Waals surface area contributed by atoms with Crippen LogP contribution >= 0.6 is 0 Å². The van der Waals surface area contributed by atoms with Crippen LogP contribution < -0.4 is 4.74 Å². The number of ether oxygens (including phenoxy) is 1. The normalized spacial score (nSPS) is 28.1. The summed E-state index contributed by atoms with van der Waals surface area (Å²) in [5.74, 6) is 0.420. The number of benzene rings is 1. The van der Waals surface area contributed by atoms with Gasteiger partial charge in [-0.2, -0.15) is 0 Å². The molecule has 18 heavy (non-hydrogen) atoms. The summed E-state index contributed by atoms with van der Waals surface area (Å²) in [5, 5.41) is 10.6. The summed E-state index contributed by atoms with van der Waals surface area (Å²) >= 11 is 0. The van der Waals surface area contributed by atoms with Gasteiger partial charge in [0.05, 0.1) is 12.7 Å². The first-order valence-electron chi connectivity index (χ1n) is 6.58. The number of methoxy groups -OCH3 is 1. The van der Waals surface area contributed by atoms with Gasteiger partial charge in [-0.05, 0) is 30.4 Å². The van der Waals surface area contributed by atoms with E-state index >= 15 is 0 Å². The molecule has 1 N–H and O–H groups in total. The summed E-state index contributed by atoms with van der Waals surface area (Å²) in [6.45, 7) is 2.14. The van der Waals surface area contributed by atoms with E-state index in [0.29, 0.717) is 17.9 Å². The lowest BCUT2D eigenvalue weighted by Gasteiger charge is -2.35. The number of halogens is 1. The lowest BCUT2D eigenvalue weighted by atomic mass is 9.76. The fourth-order valence-corrected chi connectivity index (χ4v) is 3.00. The molecule has 0 aromatic heterocycles. The third-order valence-electron chi connectivity index (χ3n) is 3.85. The van der Waals surface area contributed by atoms with Crippen molar-refractivity contribution < 1.29 is 14.2 Å². The number of hydrogen-bond donors (Lipinski definition) is 1. The third kappa shape index (κ3) is 2.83. The van der Waals surface area contributed by atoms with Crippen LogP contribution in [0.5, 0.6) is 5.75 Å². The van der Waals surface area contributed by atoms with Crippen molar-refractivity contribution in [1.29, 1.82) is 0 Å². The molecule has 1 aromatic carbocycles. The van der Waals surface area contributed by atoms with Gasteiger partial charge in [0.1, 0.15) is 0 Å². The maximum absolute atomic E-state index is 14.1. The van der Waals surface area contributed by atoms with E-state index in [4.69, 9.17) is 4.74 Å². The molecule has 1 aromatic rings. The molecule has 0 bridgehead atoms. The van der Waals surface area contributed by atoms with Gasteiger partial charge in [0.15, 0.2) is 11.6 Å². The van der Waals surface area contributed by atoms with Crippen molar-refractivity contribution in [1.82, 2.24) is 0 Å². The zero-order valence-electron chi connectivity index (χ0n) is 11.1. The molecule has 3 heteroatoms. The van der Waals surface area contributed by atoms with Crippen LogP contribution in [0.25, 0.3) is 0 Å². The molecule has 0 heterocycles. The first kappa shape index (κ1) is 13.3. The molecule has 2 unspecified atom stereocenters. The molecule has 2 nitrogen and oxygen atoms in total. The molecular weight excluding hydrogens is 231 g/mol. The van der Waals surface area contributed by atoms with Crippen molar-refractivity contribution in [2.75, 3.05) is 7.11 Å². The molecule has 0 radical (unpaired) electrons. The Morgan fingerprint density at radius 2 is 2.28 bits per heavy atom. The van der Waals surface area contributed by atoms with E-state index in [1.54, 1.807) is 18.2 Å². The van der Waals surface area contributed by atoms with E-state index in [-0.39, 0.29) is 11.6 Å². The Labute approximate surface area is 108 Å². The van der Waals surface area contributed by atoms with Crippen molar-refractivity contribution in [3.05, 3.63) is 29.6 Å². The van der Waals surface area contributed by atoms with Crippen LogP contribution in [0.1, 0.15) is 38.2 Å². The zero-order chi connectivity index (χ0) is 13.2. The molecule has 1 aliphatic carbocycles. The van der Waals surface area contributed by atoms with Gasteiger partial charge in [-0.25, -0.2) is 4.39 Å². The van der Waals surface area contributed by atoms with Gasteiger partial charge in [-0.3, -0.25) is 0 Å². The first-order chi connectivity index (χ1) is 8.54. The van der Waals surface area contributed by atoms with Gasteiger partial charge >= 0.3 is 0 Å². The molecule has 0 amide bonds. The Hall–Kier alpha value is -1.09. The quantitative estimate of drug-likeness (QED) is 0.894. The van der Waals surface area contributed by atoms with Crippen molar-refractivity contribution in [2.45, 2.75) is 44.6 Å². The lowest BCUT2D eigenvalue weighted by molar-refractivity contribution is -0.0130. The number of hydrogen-bond acceptors (Lipinski definition) is 2. The van der Waals surface area contributed by atoms with Crippen LogP contribution in [-0.4, -0.2) is 17.8 Å². The highest BCUT2D eigenvalue weighted by Gasteiger charge is 2.33. The van der Waals surface area contributed by atoms with Crippen LogP contribution in [0.4, 0.5) is 4.39 Å². The van der Waals surface area contributed by atoms with Gasteiger partial charge < -0.3 is 9.84 Å². The largest absolute Gasteiger partial charge is 0.494 e. The van der Waals surface area contributed by atoms with Crippen molar-refractivity contribution in [3.8, 4) is 5.75 Å². The highest BCUT2D eigenvalue weighted by Crippen LogP contribution is 2.35. The molecule has 1 aliphatic rings. The smallest absolute Gasteiger partial charge is 0.168 e. The maximum Gasteiger partial charge on any atom is 0.168 e. The molecule has 1 fully saturated rings. The highest BCUT2D eigenvalue weighted by molar-refractivity contribution is 5.32. The van der Waals surface area contributed by atoms with E-state index in [9.17, 15) is 9.50 Å². The van der Waals surface area contributed by atoms with Gasteiger partial charge in [-0.1, -0.05) is 31.9 Å². The predicted octanol–water partition coefficient (Wildman–Crippen LogP) is 3.32. The summed E-state index contributed by atoms with van der Waals surface area (Å²) in [5.41, 5.74) is -0.212. The minimum absolute atomic E-state index is 0.250.